The highest BCUT2D eigenvalue weighted by atomic mass is 19.1. The lowest BCUT2D eigenvalue weighted by molar-refractivity contribution is -0.121. The van der Waals surface area contributed by atoms with Crippen molar-refractivity contribution >= 4 is 5.91 Å². The van der Waals surface area contributed by atoms with Crippen molar-refractivity contribution in [2.75, 3.05) is 20.6 Å². The fraction of sp³-hybridized carbons (Fsp3) is 0.333. The second kappa shape index (κ2) is 8.49. The average Bonchev–Trinajstić information content (AvgIpc) is 2.56. The molecule has 1 aromatic carbocycles. The third-order valence-electron chi connectivity index (χ3n) is 3.84. The van der Waals surface area contributed by atoms with Crippen LogP contribution in [-0.2, 0) is 11.2 Å². The van der Waals surface area contributed by atoms with Gasteiger partial charge in [-0.2, -0.15) is 0 Å². The second-order valence-corrected chi connectivity index (χ2v) is 5.77. The maximum atomic E-state index is 14.0. The Bertz CT molecular complexity index is 657. The van der Waals surface area contributed by atoms with Crippen LogP contribution in [0.5, 0.6) is 0 Å². The molecular formula is C18H21F2N3O. The molecule has 1 atom stereocenters. The van der Waals surface area contributed by atoms with E-state index in [1.54, 1.807) is 31.4 Å². The normalized spacial score (nSPS) is 12.2. The Morgan fingerprint density at radius 2 is 1.79 bits per heavy atom. The first-order valence-electron chi connectivity index (χ1n) is 7.75. The molecule has 1 aromatic heterocycles. The molecule has 1 N–H and O–H groups in total. The predicted molar refractivity (Wildman–Crippen MR) is 88.4 cm³/mol. The number of aromatic nitrogens is 1. The Kier molecular flexibility index (Phi) is 6.37. The van der Waals surface area contributed by atoms with Crippen LogP contribution in [-0.4, -0.2) is 36.4 Å². The molecule has 0 radical (unpaired) electrons. The molecule has 0 fully saturated rings. The minimum Gasteiger partial charge on any atom is -0.354 e. The van der Waals surface area contributed by atoms with Gasteiger partial charge in [0, 0.05) is 30.9 Å². The molecule has 0 aliphatic carbocycles. The number of benzene rings is 1. The van der Waals surface area contributed by atoms with Gasteiger partial charge in [-0.1, -0.05) is 6.07 Å². The molecule has 24 heavy (non-hydrogen) atoms. The maximum Gasteiger partial charge on any atom is 0.220 e. The SMILES string of the molecule is CN(C)C(CNC(=O)CCc1ccncc1)c1c(F)cccc1F. The van der Waals surface area contributed by atoms with Crippen molar-refractivity contribution in [3.63, 3.8) is 0 Å². The Morgan fingerprint density at radius 3 is 2.38 bits per heavy atom. The number of likely N-dealkylation sites (N-methyl/N-ethyl adjacent to an activating group) is 1. The van der Waals surface area contributed by atoms with Crippen molar-refractivity contribution < 1.29 is 13.6 Å². The highest BCUT2D eigenvalue weighted by Gasteiger charge is 2.22. The quantitative estimate of drug-likeness (QED) is 0.847. The number of hydrogen-bond donors (Lipinski definition) is 1. The number of aryl methyl sites for hydroxylation is 1. The lowest BCUT2D eigenvalue weighted by Gasteiger charge is -2.25. The van der Waals surface area contributed by atoms with Crippen LogP contribution in [0.4, 0.5) is 8.78 Å². The van der Waals surface area contributed by atoms with Crippen molar-refractivity contribution in [2.45, 2.75) is 18.9 Å². The van der Waals surface area contributed by atoms with Crippen molar-refractivity contribution in [1.29, 1.82) is 0 Å². The Labute approximate surface area is 140 Å². The molecule has 0 bridgehead atoms. The van der Waals surface area contributed by atoms with E-state index in [2.05, 4.69) is 10.3 Å². The molecule has 1 amide bonds. The summed E-state index contributed by atoms with van der Waals surface area (Å²) >= 11 is 0. The maximum absolute atomic E-state index is 14.0. The third kappa shape index (κ3) is 4.83. The molecule has 2 aromatic rings. The zero-order valence-electron chi connectivity index (χ0n) is 13.8. The molecular weight excluding hydrogens is 312 g/mol. The van der Waals surface area contributed by atoms with Crippen LogP contribution in [0.3, 0.4) is 0 Å². The summed E-state index contributed by atoms with van der Waals surface area (Å²) < 4.78 is 27.9. The van der Waals surface area contributed by atoms with Gasteiger partial charge in [-0.3, -0.25) is 9.78 Å². The minimum absolute atomic E-state index is 0.0306. The monoisotopic (exact) mass is 333 g/mol. The number of halogens is 2. The van der Waals surface area contributed by atoms with Crippen LogP contribution < -0.4 is 5.32 Å². The Morgan fingerprint density at radius 1 is 1.17 bits per heavy atom. The average molecular weight is 333 g/mol. The number of nitrogens with zero attached hydrogens (tertiary/aromatic N) is 2. The predicted octanol–water partition coefficient (Wildman–Crippen LogP) is 2.71. The molecule has 0 saturated heterocycles. The van der Waals surface area contributed by atoms with Crippen LogP contribution in [0.15, 0.2) is 42.7 Å². The Hall–Kier alpha value is -2.34. The highest BCUT2D eigenvalue weighted by Crippen LogP contribution is 2.23. The first-order chi connectivity index (χ1) is 11.5. The van der Waals surface area contributed by atoms with Gasteiger partial charge in [0.05, 0.1) is 6.04 Å². The van der Waals surface area contributed by atoms with Crippen molar-refractivity contribution in [2.24, 2.45) is 0 Å². The van der Waals surface area contributed by atoms with E-state index in [1.165, 1.54) is 18.2 Å². The van der Waals surface area contributed by atoms with Gasteiger partial charge in [0.25, 0.3) is 0 Å². The van der Waals surface area contributed by atoms with Crippen LogP contribution in [0.25, 0.3) is 0 Å². The summed E-state index contributed by atoms with van der Waals surface area (Å²) in [4.78, 5) is 17.6. The molecule has 1 heterocycles. The lowest BCUT2D eigenvalue weighted by atomic mass is 10.0. The smallest absolute Gasteiger partial charge is 0.220 e. The Balaban J connectivity index is 1.95. The zero-order valence-corrected chi connectivity index (χ0v) is 13.8. The van der Waals surface area contributed by atoms with Gasteiger partial charge in [0.2, 0.25) is 5.91 Å². The number of amides is 1. The summed E-state index contributed by atoms with van der Waals surface area (Å²) in [7, 11) is 3.44. The molecule has 0 spiro atoms. The van der Waals surface area contributed by atoms with Gasteiger partial charge < -0.3 is 10.2 Å². The summed E-state index contributed by atoms with van der Waals surface area (Å²) in [6.07, 6.45) is 4.26. The van der Waals surface area contributed by atoms with Gasteiger partial charge in [-0.05, 0) is 50.3 Å². The molecule has 6 heteroatoms. The minimum atomic E-state index is -0.611. The molecule has 0 aliphatic rings. The van der Waals surface area contributed by atoms with Crippen LogP contribution in [0.2, 0.25) is 0 Å². The van der Waals surface area contributed by atoms with Gasteiger partial charge in [0.15, 0.2) is 0 Å². The zero-order chi connectivity index (χ0) is 17.5. The van der Waals surface area contributed by atoms with Gasteiger partial charge in [-0.25, -0.2) is 8.78 Å². The fourth-order valence-corrected chi connectivity index (χ4v) is 2.48. The summed E-state index contributed by atoms with van der Waals surface area (Å²) in [6.45, 7) is 0.139. The van der Waals surface area contributed by atoms with Crippen LogP contribution >= 0.6 is 0 Å². The number of pyridine rings is 1. The summed E-state index contributed by atoms with van der Waals surface area (Å²) in [5.74, 6) is -1.38. The molecule has 2 rings (SSSR count). The van der Waals surface area contributed by atoms with Gasteiger partial charge in [0.1, 0.15) is 11.6 Å². The van der Waals surface area contributed by atoms with E-state index >= 15 is 0 Å². The lowest BCUT2D eigenvalue weighted by Crippen LogP contribution is -2.35. The first kappa shape index (κ1) is 18.0. The van der Waals surface area contributed by atoms with E-state index in [0.29, 0.717) is 12.8 Å². The standard InChI is InChI=1S/C18H21F2N3O/c1-23(2)16(18-14(19)4-3-5-15(18)20)12-22-17(24)7-6-13-8-10-21-11-9-13/h3-5,8-11,16H,6-7,12H2,1-2H3,(H,22,24). The number of rotatable bonds is 7. The fourth-order valence-electron chi connectivity index (χ4n) is 2.48. The summed E-state index contributed by atoms with van der Waals surface area (Å²) in [5.41, 5.74) is 0.987. The summed E-state index contributed by atoms with van der Waals surface area (Å²) in [5, 5.41) is 2.76. The highest BCUT2D eigenvalue weighted by molar-refractivity contribution is 5.76. The molecule has 4 nitrogen and oxygen atoms in total. The number of carbonyl (C=O) groups excluding carboxylic acids is 1. The topological polar surface area (TPSA) is 45.2 Å². The molecule has 0 aliphatic heterocycles. The third-order valence-corrected chi connectivity index (χ3v) is 3.84. The molecule has 0 saturated carbocycles. The van der Waals surface area contributed by atoms with E-state index in [9.17, 15) is 13.6 Å². The van der Waals surface area contributed by atoms with E-state index in [1.807, 2.05) is 12.1 Å². The van der Waals surface area contributed by atoms with E-state index < -0.39 is 17.7 Å². The van der Waals surface area contributed by atoms with Gasteiger partial charge in [-0.15, -0.1) is 0 Å². The molecule has 1 unspecified atom stereocenters. The van der Waals surface area contributed by atoms with Crippen molar-refractivity contribution in [3.05, 3.63) is 65.5 Å². The van der Waals surface area contributed by atoms with E-state index in [-0.39, 0.29) is 18.0 Å². The number of carbonyl (C=O) groups is 1. The number of nitrogens with one attached hydrogen (secondary N) is 1. The summed E-state index contributed by atoms with van der Waals surface area (Å²) in [6, 6.07) is 6.90. The van der Waals surface area contributed by atoms with Crippen LogP contribution in [0, 0.1) is 11.6 Å². The second-order valence-electron chi connectivity index (χ2n) is 5.77. The van der Waals surface area contributed by atoms with Crippen LogP contribution in [0.1, 0.15) is 23.6 Å². The first-order valence-corrected chi connectivity index (χ1v) is 7.75. The van der Waals surface area contributed by atoms with Crippen molar-refractivity contribution in [1.82, 2.24) is 15.2 Å². The van der Waals surface area contributed by atoms with Gasteiger partial charge >= 0.3 is 0 Å². The molecule has 128 valence electrons. The number of hydrogen-bond acceptors (Lipinski definition) is 3. The largest absolute Gasteiger partial charge is 0.354 e. The van der Waals surface area contributed by atoms with E-state index in [0.717, 1.165) is 5.56 Å². The van der Waals surface area contributed by atoms with E-state index in [4.69, 9.17) is 0 Å². The van der Waals surface area contributed by atoms with Crippen molar-refractivity contribution in [3.8, 4) is 0 Å².